The smallest absolute Gasteiger partial charge is 0.00618 e. The molecule has 0 aromatic carbocycles. The average Bonchev–Trinajstić information content (AvgIpc) is 1.97. The molecular weight excluding hydrogens is 158 g/mol. The summed E-state index contributed by atoms with van der Waals surface area (Å²) in [7, 11) is 0. The summed E-state index contributed by atoms with van der Waals surface area (Å²) in [6.45, 7) is 17.2. The lowest BCUT2D eigenvalue weighted by atomic mass is 9.82. The van der Waals surface area contributed by atoms with E-state index in [-0.39, 0.29) is 0 Å². The highest BCUT2D eigenvalue weighted by molar-refractivity contribution is 4.74. The topological polar surface area (TPSA) is 12.0 Å². The Bertz CT molecular complexity index is 133. The molecule has 0 rings (SSSR count). The van der Waals surface area contributed by atoms with Gasteiger partial charge in [0.1, 0.15) is 0 Å². The minimum absolute atomic E-state index is 0.420. The van der Waals surface area contributed by atoms with Gasteiger partial charge >= 0.3 is 0 Å². The van der Waals surface area contributed by atoms with Crippen molar-refractivity contribution in [3.63, 3.8) is 0 Å². The van der Waals surface area contributed by atoms with E-state index in [1.807, 2.05) is 0 Å². The van der Waals surface area contributed by atoms with Crippen molar-refractivity contribution >= 4 is 0 Å². The van der Waals surface area contributed by atoms with Crippen molar-refractivity contribution in [2.24, 2.45) is 17.3 Å². The molecule has 2 atom stereocenters. The van der Waals surface area contributed by atoms with Crippen LogP contribution in [0.3, 0.4) is 0 Å². The molecule has 2 unspecified atom stereocenters. The van der Waals surface area contributed by atoms with E-state index < -0.39 is 0 Å². The van der Waals surface area contributed by atoms with Crippen LogP contribution in [-0.2, 0) is 0 Å². The van der Waals surface area contributed by atoms with Gasteiger partial charge in [-0.2, -0.15) is 0 Å². The zero-order chi connectivity index (χ0) is 10.6. The molecular formula is C12H27N. The first-order valence-corrected chi connectivity index (χ1v) is 5.48. The summed E-state index contributed by atoms with van der Waals surface area (Å²) in [5, 5.41) is 3.59. The quantitative estimate of drug-likeness (QED) is 0.708. The summed E-state index contributed by atoms with van der Waals surface area (Å²) in [4.78, 5) is 0. The molecule has 0 heterocycles. The van der Waals surface area contributed by atoms with E-state index in [2.05, 4.69) is 53.8 Å². The van der Waals surface area contributed by atoms with Crippen LogP contribution in [-0.4, -0.2) is 12.6 Å². The monoisotopic (exact) mass is 185 g/mol. The Morgan fingerprint density at radius 1 is 1.00 bits per heavy atom. The Labute approximate surface area is 84.3 Å². The van der Waals surface area contributed by atoms with E-state index in [1.54, 1.807) is 0 Å². The van der Waals surface area contributed by atoms with Crippen molar-refractivity contribution in [1.29, 1.82) is 0 Å². The number of nitrogens with one attached hydrogen (secondary N) is 1. The first-order chi connectivity index (χ1) is 5.75. The first-order valence-electron chi connectivity index (χ1n) is 5.48. The van der Waals surface area contributed by atoms with Crippen molar-refractivity contribution in [2.75, 3.05) is 6.54 Å². The van der Waals surface area contributed by atoms with Gasteiger partial charge in [-0.1, -0.05) is 41.5 Å². The van der Waals surface area contributed by atoms with Crippen molar-refractivity contribution in [2.45, 2.75) is 54.5 Å². The Morgan fingerprint density at radius 2 is 1.46 bits per heavy atom. The zero-order valence-electron chi connectivity index (χ0n) is 10.4. The van der Waals surface area contributed by atoms with Crippen LogP contribution in [0.5, 0.6) is 0 Å². The molecule has 0 saturated heterocycles. The Balaban J connectivity index is 3.77. The van der Waals surface area contributed by atoms with E-state index >= 15 is 0 Å². The van der Waals surface area contributed by atoms with E-state index in [9.17, 15) is 0 Å². The molecule has 0 aliphatic carbocycles. The van der Waals surface area contributed by atoms with Crippen LogP contribution in [0.1, 0.15) is 48.5 Å². The fourth-order valence-corrected chi connectivity index (χ4v) is 0.905. The zero-order valence-corrected chi connectivity index (χ0v) is 10.4. The molecule has 0 amide bonds. The lowest BCUT2D eigenvalue weighted by Gasteiger charge is -2.29. The SMILES string of the molecule is CC(C)C(C)NCC(C)C(C)(C)C. The second-order valence-corrected chi connectivity index (χ2v) is 5.71. The van der Waals surface area contributed by atoms with Crippen molar-refractivity contribution in [3.8, 4) is 0 Å². The molecule has 0 radical (unpaired) electrons. The maximum Gasteiger partial charge on any atom is 0.00618 e. The van der Waals surface area contributed by atoms with Crippen LogP contribution in [0.25, 0.3) is 0 Å². The molecule has 1 N–H and O–H groups in total. The third-order valence-corrected chi connectivity index (χ3v) is 3.22. The van der Waals surface area contributed by atoms with Gasteiger partial charge in [-0.15, -0.1) is 0 Å². The van der Waals surface area contributed by atoms with Crippen LogP contribution in [0.2, 0.25) is 0 Å². The van der Waals surface area contributed by atoms with E-state index in [4.69, 9.17) is 0 Å². The minimum atomic E-state index is 0.420. The number of rotatable bonds is 4. The highest BCUT2D eigenvalue weighted by atomic mass is 14.9. The Kier molecular flexibility index (Phi) is 4.98. The molecule has 0 aromatic rings. The molecule has 1 nitrogen and oxygen atoms in total. The lowest BCUT2D eigenvalue weighted by Crippen LogP contribution is -2.37. The second kappa shape index (κ2) is 4.99. The molecule has 0 spiro atoms. The van der Waals surface area contributed by atoms with Gasteiger partial charge in [0.15, 0.2) is 0 Å². The fourth-order valence-electron chi connectivity index (χ4n) is 0.905. The highest BCUT2D eigenvalue weighted by Gasteiger charge is 2.20. The number of hydrogen-bond acceptors (Lipinski definition) is 1. The summed E-state index contributed by atoms with van der Waals surface area (Å²) in [5.41, 5.74) is 0.420. The predicted octanol–water partition coefficient (Wildman–Crippen LogP) is 3.30. The van der Waals surface area contributed by atoms with Gasteiger partial charge in [0.2, 0.25) is 0 Å². The molecule has 0 saturated carbocycles. The minimum Gasteiger partial charge on any atom is -0.314 e. The summed E-state index contributed by atoms with van der Waals surface area (Å²) in [6, 6.07) is 0.629. The van der Waals surface area contributed by atoms with Gasteiger partial charge in [0.25, 0.3) is 0 Å². The normalized spacial score (nSPS) is 17.5. The van der Waals surface area contributed by atoms with Crippen LogP contribution < -0.4 is 5.32 Å². The third-order valence-electron chi connectivity index (χ3n) is 3.22. The van der Waals surface area contributed by atoms with Gasteiger partial charge in [-0.3, -0.25) is 0 Å². The molecule has 80 valence electrons. The van der Waals surface area contributed by atoms with Gasteiger partial charge in [-0.25, -0.2) is 0 Å². The van der Waals surface area contributed by atoms with E-state index in [0.717, 1.165) is 18.4 Å². The van der Waals surface area contributed by atoms with Crippen LogP contribution >= 0.6 is 0 Å². The molecule has 13 heavy (non-hydrogen) atoms. The molecule has 0 aliphatic rings. The van der Waals surface area contributed by atoms with Crippen molar-refractivity contribution in [1.82, 2.24) is 5.32 Å². The van der Waals surface area contributed by atoms with Crippen molar-refractivity contribution in [3.05, 3.63) is 0 Å². The summed E-state index contributed by atoms with van der Waals surface area (Å²) in [6.07, 6.45) is 0. The Morgan fingerprint density at radius 3 is 1.77 bits per heavy atom. The number of hydrogen-bond donors (Lipinski definition) is 1. The Hall–Kier alpha value is -0.0400. The highest BCUT2D eigenvalue weighted by Crippen LogP contribution is 2.24. The molecule has 0 fully saturated rings. The largest absolute Gasteiger partial charge is 0.314 e. The average molecular weight is 185 g/mol. The van der Waals surface area contributed by atoms with Crippen LogP contribution in [0, 0.1) is 17.3 Å². The fraction of sp³-hybridized carbons (Fsp3) is 1.00. The molecule has 0 aromatic heterocycles. The van der Waals surface area contributed by atoms with Gasteiger partial charge in [0, 0.05) is 6.04 Å². The standard InChI is InChI=1S/C12H27N/c1-9(2)11(4)13-8-10(3)12(5,6)7/h9-11,13H,8H2,1-7H3. The molecule has 1 heteroatoms. The predicted molar refractivity (Wildman–Crippen MR) is 60.9 cm³/mol. The van der Waals surface area contributed by atoms with E-state index in [1.165, 1.54) is 0 Å². The van der Waals surface area contributed by atoms with Gasteiger partial charge < -0.3 is 5.32 Å². The lowest BCUT2D eigenvalue weighted by molar-refractivity contribution is 0.239. The molecule has 0 aliphatic heterocycles. The van der Waals surface area contributed by atoms with E-state index in [0.29, 0.717) is 11.5 Å². The van der Waals surface area contributed by atoms with Crippen molar-refractivity contribution < 1.29 is 0 Å². The summed E-state index contributed by atoms with van der Waals surface area (Å²) < 4.78 is 0. The van der Waals surface area contributed by atoms with Crippen LogP contribution in [0.15, 0.2) is 0 Å². The van der Waals surface area contributed by atoms with Gasteiger partial charge in [-0.05, 0) is 30.7 Å². The summed E-state index contributed by atoms with van der Waals surface area (Å²) >= 11 is 0. The second-order valence-electron chi connectivity index (χ2n) is 5.71. The maximum atomic E-state index is 3.59. The van der Waals surface area contributed by atoms with Gasteiger partial charge in [0.05, 0.1) is 0 Å². The maximum absolute atomic E-state index is 3.59. The summed E-state index contributed by atoms with van der Waals surface area (Å²) in [5.74, 6) is 1.46. The van der Waals surface area contributed by atoms with Crippen LogP contribution in [0.4, 0.5) is 0 Å². The third kappa shape index (κ3) is 5.30. The first kappa shape index (κ1) is 13.0. The molecule has 0 bridgehead atoms.